The smallest absolute Gasteiger partial charge is 0.254 e. The Morgan fingerprint density at radius 1 is 1.38 bits per heavy atom. The van der Waals surface area contributed by atoms with E-state index in [-0.39, 0.29) is 5.91 Å². The Kier molecular flexibility index (Phi) is 4.95. The van der Waals surface area contributed by atoms with Gasteiger partial charge in [-0.15, -0.1) is 0 Å². The molecule has 1 atom stereocenters. The minimum absolute atomic E-state index is 0.112. The van der Waals surface area contributed by atoms with Crippen LogP contribution in [-0.4, -0.2) is 29.4 Å². The first kappa shape index (κ1) is 12.4. The lowest BCUT2D eigenvalue weighted by Gasteiger charge is -2.37. The first-order valence-electron chi connectivity index (χ1n) is 4.82. The molecule has 1 amide bonds. The lowest BCUT2D eigenvalue weighted by molar-refractivity contribution is -0.132. The average molecular weight is 187 g/mol. The summed E-state index contributed by atoms with van der Waals surface area (Å²) in [5, 5.41) is 0. The molecule has 0 aliphatic rings. The number of likely N-dealkylation sites (N-methyl/N-ethyl adjacent to an activating group) is 1. The molecule has 0 rings (SSSR count). The Balaban J connectivity index is 4.68. The SMILES string of the molecule is CCN(CC)[C@](C)(CC)C(=O)NN. The summed E-state index contributed by atoms with van der Waals surface area (Å²) in [5.41, 5.74) is 1.75. The van der Waals surface area contributed by atoms with Crippen molar-refractivity contribution in [3.8, 4) is 0 Å². The van der Waals surface area contributed by atoms with Crippen LogP contribution in [0.15, 0.2) is 0 Å². The van der Waals surface area contributed by atoms with Crippen molar-refractivity contribution < 1.29 is 4.79 Å². The number of nitrogens with zero attached hydrogens (tertiary/aromatic N) is 1. The van der Waals surface area contributed by atoms with Crippen LogP contribution in [0.25, 0.3) is 0 Å². The fraction of sp³-hybridized carbons (Fsp3) is 0.889. The zero-order valence-corrected chi connectivity index (χ0v) is 9.05. The maximum absolute atomic E-state index is 11.5. The van der Waals surface area contributed by atoms with Crippen molar-refractivity contribution in [3.05, 3.63) is 0 Å². The van der Waals surface area contributed by atoms with E-state index in [9.17, 15) is 4.79 Å². The first-order chi connectivity index (χ1) is 6.06. The largest absolute Gasteiger partial charge is 0.293 e. The predicted octanol–water partition coefficient (Wildman–Crippen LogP) is 0.487. The van der Waals surface area contributed by atoms with Gasteiger partial charge in [0.25, 0.3) is 5.91 Å². The van der Waals surface area contributed by atoms with E-state index in [1.54, 1.807) is 0 Å². The predicted molar refractivity (Wildman–Crippen MR) is 53.9 cm³/mol. The van der Waals surface area contributed by atoms with Crippen LogP contribution in [0.1, 0.15) is 34.1 Å². The Morgan fingerprint density at radius 3 is 2.08 bits per heavy atom. The fourth-order valence-electron chi connectivity index (χ4n) is 1.60. The Bertz CT molecular complexity index is 168. The first-order valence-corrected chi connectivity index (χ1v) is 4.82. The molecular weight excluding hydrogens is 166 g/mol. The van der Waals surface area contributed by atoms with Crippen molar-refractivity contribution in [2.45, 2.75) is 39.7 Å². The molecule has 0 aromatic heterocycles. The highest BCUT2D eigenvalue weighted by Crippen LogP contribution is 2.18. The maximum atomic E-state index is 11.5. The Morgan fingerprint density at radius 2 is 1.85 bits per heavy atom. The highest BCUT2D eigenvalue weighted by atomic mass is 16.2. The maximum Gasteiger partial charge on any atom is 0.254 e. The summed E-state index contributed by atoms with van der Waals surface area (Å²) in [4.78, 5) is 13.7. The van der Waals surface area contributed by atoms with E-state index in [4.69, 9.17) is 5.84 Å². The van der Waals surface area contributed by atoms with Gasteiger partial charge >= 0.3 is 0 Å². The second-order valence-corrected chi connectivity index (χ2v) is 3.27. The zero-order valence-electron chi connectivity index (χ0n) is 9.05. The summed E-state index contributed by atoms with van der Waals surface area (Å²) in [7, 11) is 0. The molecule has 0 spiro atoms. The van der Waals surface area contributed by atoms with Crippen molar-refractivity contribution in [1.82, 2.24) is 10.3 Å². The van der Waals surface area contributed by atoms with Gasteiger partial charge in [-0.2, -0.15) is 0 Å². The molecule has 0 heterocycles. The third kappa shape index (κ3) is 2.42. The number of hydrazine groups is 1. The number of nitrogens with one attached hydrogen (secondary N) is 1. The molecule has 0 saturated heterocycles. The van der Waals surface area contributed by atoms with Crippen LogP contribution < -0.4 is 11.3 Å². The topological polar surface area (TPSA) is 58.4 Å². The van der Waals surface area contributed by atoms with Crippen molar-refractivity contribution in [2.75, 3.05) is 13.1 Å². The fourth-order valence-corrected chi connectivity index (χ4v) is 1.60. The second-order valence-electron chi connectivity index (χ2n) is 3.27. The van der Waals surface area contributed by atoms with Gasteiger partial charge < -0.3 is 0 Å². The van der Waals surface area contributed by atoms with E-state index in [1.807, 2.05) is 27.7 Å². The third-order valence-corrected chi connectivity index (χ3v) is 2.77. The highest BCUT2D eigenvalue weighted by molar-refractivity contribution is 5.85. The number of carbonyl (C=O) groups excluding carboxylic acids is 1. The molecule has 78 valence electrons. The quantitative estimate of drug-likeness (QED) is 0.374. The van der Waals surface area contributed by atoms with Gasteiger partial charge in [-0.3, -0.25) is 15.1 Å². The van der Waals surface area contributed by atoms with E-state index >= 15 is 0 Å². The normalized spacial score (nSPS) is 15.5. The molecule has 0 aromatic rings. The molecular formula is C9H21N3O. The lowest BCUT2D eigenvalue weighted by atomic mass is 9.95. The van der Waals surface area contributed by atoms with Crippen LogP contribution in [0.3, 0.4) is 0 Å². The van der Waals surface area contributed by atoms with Gasteiger partial charge in [0.2, 0.25) is 0 Å². The van der Waals surface area contributed by atoms with Crippen LogP contribution in [0.2, 0.25) is 0 Å². The zero-order chi connectivity index (χ0) is 10.5. The minimum Gasteiger partial charge on any atom is -0.293 e. The lowest BCUT2D eigenvalue weighted by Crippen LogP contribution is -2.57. The standard InChI is InChI=1S/C9H21N3O/c1-5-9(4,8(13)11-10)12(6-2)7-3/h5-7,10H2,1-4H3,(H,11,13)/t9-/m1/s1. The number of hydrogen-bond donors (Lipinski definition) is 2. The van der Waals surface area contributed by atoms with Crippen LogP contribution >= 0.6 is 0 Å². The van der Waals surface area contributed by atoms with Crippen LogP contribution in [-0.2, 0) is 4.79 Å². The molecule has 3 N–H and O–H groups in total. The molecule has 0 bridgehead atoms. The summed E-state index contributed by atoms with van der Waals surface area (Å²) < 4.78 is 0. The Labute approximate surface area is 80.4 Å². The number of amides is 1. The van der Waals surface area contributed by atoms with E-state index < -0.39 is 5.54 Å². The van der Waals surface area contributed by atoms with Crippen LogP contribution in [0, 0.1) is 0 Å². The van der Waals surface area contributed by atoms with E-state index in [1.165, 1.54) is 0 Å². The Hall–Kier alpha value is -0.610. The summed E-state index contributed by atoms with van der Waals surface area (Å²) in [6, 6.07) is 0. The van der Waals surface area contributed by atoms with Gasteiger partial charge in [0, 0.05) is 0 Å². The van der Waals surface area contributed by atoms with Crippen molar-refractivity contribution in [1.29, 1.82) is 0 Å². The van der Waals surface area contributed by atoms with Gasteiger partial charge in [0.15, 0.2) is 0 Å². The van der Waals surface area contributed by atoms with Gasteiger partial charge in [0.05, 0.1) is 5.54 Å². The van der Waals surface area contributed by atoms with E-state index in [0.717, 1.165) is 19.5 Å². The molecule has 0 aromatic carbocycles. The summed E-state index contributed by atoms with van der Waals surface area (Å²) in [6.07, 6.45) is 0.762. The van der Waals surface area contributed by atoms with Gasteiger partial charge in [-0.1, -0.05) is 20.8 Å². The monoisotopic (exact) mass is 187 g/mol. The molecule has 0 aliphatic heterocycles. The van der Waals surface area contributed by atoms with Crippen LogP contribution in [0.5, 0.6) is 0 Å². The van der Waals surface area contributed by atoms with Crippen molar-refractivity contribution in [2.24, 2.45) is 5.84 Å². The molecule has 0 aliphatic carbocycles. The number of carbonyl (C=O) groups is 1. The molecule has 13 heavy (non-hydrogen) atoms. The second kappa shape index (κ2) is 5.19. The molecule has 0 fully saturated rings. The average Bonchev–Trinajstić information content (AvgIpc) is 2.17. The highest BCUT2D eigenvalue weighted by Gasteiger charge is 2.35. The number of hydrogen-bond acceptors (Lipinski definition) is 3. The summed E-state index contributed by atoms with van der Waals surface area (Å²) in [6.45, 7) is 9.71. The van der Waals surface area contributed by atoms with Crippen molar-refractivity contribution in [3.63, 3.8) is 0 Å². The van der Waals surface area contributed by atoms with Gasteiger partial charge in [-0.25, -0.2) is 5.84 Å². The molecule has 4 heteroatoms. The van der Waals surface area contributed by atoms with Crippen LogP contribution in [0.4, 0.5) is 0 Å². The van der Waals surface area contributed by atoms with Gasteiger partial charge in [-0.05, 0) is 26.4 Å². The summed E-state index contributed by atoms with van der Waals surface area (Å²) >= 11 is 0. The van der Waals surface area contributed by atoms with E-state index in [0.29, 0.717) is 0 Å². The van der Waals surface area contributed by atoms with Crippen molar-refractivity contribution >= 4 is 5.91 Å². The van der Waals surface area contributed by atoms with E-state index in [2.05, 4.69) is 10.3 Å². The molecule has 0 unspecified atom stereocenters. The minimum atomic E-state index is -0.474. The summed E-state index contributed by atoms with van der Waals surface area (Å²) in [5.74, 6) is 5.04. The number of rotatable bonds is 5. The third-order valence-electron chi connectivity index (χ3n) is 2.77. The van der Waals surface area contributed by atoms with Gasteiger partial charge in [0.1, 0.15) is 0 Å². The molecule has 0 saturated carbocycles. The number of nitrogens with two attached hydrogens (primary N) is 1. The molecule has 4 nitrogen and oxygen atoms in total. The molecule has 0 radical (unpaired) electrons.